The number of nitrogens with one attached hydrogen (secondary N) is 1. The van der Waals surface area contributed by atoms with Gasteiger partial charge in [-0.1, -0.05) is 59.3 Å². The van der Waals surface area contributed by atoms with E-state index in [0.717, 1.165) is 29.0 Å². The number of nitrogens with zero attached hydrogens (tertiary/aromatic N) is 4. The van der Waals surface area contributed by atoms with Gasteiger partial charge in [-0.15, -0.1) is 5.10 Å². The molecule has 1 aliphatic rings. The number of hydrogen-bond acceptors (Lipinski definition) is 4. The summed E-state index contributed by atoms with van der Waals surface area (Å²) in [5.41, 5.74) is 3.57. The fourth-order valence-electron chi connectivity index (χ4n) is 4.23. The number of carbonyl (C=O) groups is 1. The normalized spacial score (nSPS) is 17.2. The van der Waals surface area contributed by atoms with Crippen molar-refractivity contribution in [3.63, 3.8) is 0 Å². The van der Waals surface area contributed by atoms with Gasteiger partial charge in [-0.25, -0.2) is 4.68 Å². The number of pyridine rings is 1. The first-order valence-electron chi connectivity index (χ1n) is 11.2. The highest BCUT2D eigenvalue weighted by molar-refractivity contribution is 6.30. The molecule has 4 aromatic rings. The predicted octanol–water partition coefficient (Wildman–Crippen LogP) is 3.87. The second-order valence-corrected chi connectivity index (χ2v) is 9.11. The molecule has 1 aliphatic carbocycles. The molecular formula is C26H24ClN5O2. The van der Waals surface area contributed by atoms with Crippen molar-refractivity contribution >= 4 is 17.5 Å². The zero-order valence-electron chi connectivity index (χ0n) is 18.5. The zero-order chi connectivity index (χ0) is 23.5. The summed E-state index contributed by atoms with van der Waals surface area (Å²) in [6.45, 7) is 1.03. The molecule has 0 bridgehead atoms. The van der Waals surface area contributed by atoms with E-state index in [9.17, 15) is 9.59 Å². The summed E-state index contributed by atoms with van der Waals surface area (Å²) in [5, 5.41) is 11.9. The van der Waals surface area contributed by atoms with E-state index in [4.69, 9.17) is 11.6 Å². The van der Waals surface area contributed by atoms with Crippen molar-refractivity contribution in [3.8, 4) is 0 Å². The van der Waals surface area contributed by atoms with Crippen LogP contribution in [0.25, 0.3) is 0 Å². The molecule has 1 saturated carbocycles. The molecule has 7 nitrogen and oxygen atoms in total. The molecule has 5 rings (SSSR count). The molecule has 8 heteroatoms. The number of benzene rings is 2. The van der Waals surface area contributed by atoms with Crippen LogP contribution in [-0.4, -0.2) is 31.5 Å². The highest BCUT2D eigenvalue weighted by atomic mass is 35.5. The third-order valence-corrected chi connectivity index (χ3v) is 6.42. The maximum absolute atomic E-state index is 12.6. The van der Waals surface area contributed by atoms with Crippen LogP contribution in [0.2, 0.25) is 5.02 Å². The van der Waals surface area contributed by atoms with Gasteiger partial charge in [0, 0.05) is 23.3 Å². The minimum atomic E-state index is -0.204. The van der Waals surface area contributed by atoms with Crippen LogP contribution < -0.4 is 10.9 Å². The molecular weight excluding hydrogens is 450 g/mol. The molecule has 1 fully saturated rings. The summed E-state index contributed by atoms with van der Waals surface area (Å²) in [4.78, 5) is 24.5. The molecule has 34 heavy (non-hydrogen) atoms. The standard InChI is InChI=1S/C26H24ClN5O2/c27-22-5-3-4-20(12-22)21-13-23(14-21)28-26(34)24-17-32(30-29-24)16-19-9-7-18(8-10-19)15-31-11-2-1-6-25(31)33/h1-12,17,21,23H,13-16H2,(H,28,34)/t21-,23+. The van der Waals surface area contributed by atoms with Gasteiger partial charge in [0.05, 0.1) is 19.3 Å². The van der Waals surface area contributed by atoms with Crippen molar-refractivity contribution in [3.05, 3.63) is 117 Å². The van der Waals surface area contributed by atoms with E-state index in [1.54, 1.807) is 33.8 Å². The zero-order valence-corrected chi connectivity index (χ0v) is 19.2. The van der Waals surface area contributed by atoms with Crippen molar-refractivity contribution in [1.82, 2.24) is 24.9 Å². The monoisotopic (exact) mass is 473 g/mol. The molecule has 0 atom stereocenters. The Kier molecular flexibility index (Phi) is 6.27. The number of aromatic nitrogens is 4. The highest BCUT2D eigenvalue weighted by Crippen LogP contribution is 2.37. The Balaban J connectivity index is 1.13. The fraction of sp³-hybridized carbons (Fsp3) is 0.231. The summed E-state index contributed by atoms with van der Waals surface area (Å²) in [5.74, 6) is 0.215. The molecule has 1 amide bonds. The van der Waals surface area contributed by atoms with E-state index < -0.39 is 0 Å². The van der Waals surface area contributed by atoms with Crippen molar-refractivity contribution in [2.24, 2.45) is 0 Å². The van der Waals surface area contributed by atoms with Gasteiger partial charge in [0.2, 0.25) is 0 Å². The lowest BCUT2D eigenvalue weighted by molar-refractivity contribution is 0.0903. The summed E-state index contributed by atoms with van der Waals surface area (Å²) in [6.07, 6.45) is 5.22. The Labute approximate surface area is 202 Å². The van der Waals surface area contributed by atoms with Gasteiger partial charge in [0.25, 0.3) is 11.5 Å². The molecule has 0 unspecified atom stereocenters. The molecule has 2 heterocycles. The van der Waals surface area contributed by atoms with E-state index in [2.05, 4.69) is 21.7 Å². The van der Waals surface area contributed by atoms with Crippen LogP contribution in [0.5, 0.6) is 0 Å². The van der Waals surface area contributed by atoms with Gasteiger partial charge < -0.3 is 9.88 Å². The summed E-state index contributed by atoms with van der Waals surface area (Å²) >= 11 is 6.08. The molecule has 0 aliphatic heterocycles. The first-order valence-corrected chi connectivity index (χ1v) is 11.6. The topological polar surface area (TPSA) is 81.8 Å². The minimum absolute atomic E-state index is 0.0260. The van der Waals surface area contributed by atoms with Crippen LogP contribution in [0.15, 0.2) is 83.9 Å². The van der Waals surface area contributed by atoms with E-state index in [0.29, 0.717) is 24.7 Å². The van der Waals surface area contributed by atoms with E-state index >= 15 is 0 Å². The highest BCUT2D eigenvalue weighted by Gasteiger charge is 2.32. The number of rotatable bonds is 7. The van der Waals surface area contributed by atoms with Crippen molar-refractivity contribution in [1.29, 1.82) is 0 Å². The lowest BCUT2D eigenvalue weighted by Crippen LogP contribution is -2.43. The number of halogens is 1. The summed E-state index contributed by atoms with van der Waals surface area (Å²) in [6, 6.07) is 21.1. The van der Waals surface area contributed by atoms with Crippen LogP contribution in [0.3, 0.4) is 0 Å². The molecule has 172 valence electrons. The van der Waals surface area contributed by atoms with Crippen LogP contribution in [0.4, 0.5) is 0 Å². The Morgan fingerprint density at radius 2 is 1.76 bits per heavy atom. The van der Waals surface area contributed by atoms with Crippen LogP contribution in [0, 0.1) is 0 Å². The average Bonchev–Trinajstić information content (AvgIpc) is 3.27. The largest absolute Gasteiger partial charge is 0.348 e. The van der Waals surface area contributed by atoms with E-state index in [1.165, 1.54) is 5.56 Å². The molecule has 1 N–H and O–H groups in total. The molecule has 2 aromatic heterocycles. The second kappa shape index (κ2) is 9.65. The fourth-order valence-corrected chi connectivity index (χ4v) is 4.43. The lowest BCUT2D eigenvalue weighted by atomic mass is 9.76. The van der Waals surface area contributed by atoms with E-state index in [1.807, 2.05) is 48.5 Å². The van der Waals surface area contributed by atoms with Gasteiger partial charge >= 0.3 is 0 Å². The Hall–Kier alpha value is -3.71. The Bertz CT molecular complexity index is 1360. The molecule has 0 radical (unpaired) electrons. The smallest absolute Gasteiger partial charge is 0.273 e. The molecule has 2 aromatic carbocycles. The predicted molar refractivity (Wildman–Crippen MR) is 130 cm³/mol. The summed E-state index contributed by atoms with van der Waals surface area (Å²) < 4.78 is 3.32. The van der Waals surface area contributed by atoms with Gasteiger partial charge in [-0.3, -0.25) is 9.59 Å². The molecule has 0 spiro atoms. The number of hydrogen-bond donors (Lipinski definition) is 1. The Morgan fingerprint density at radius 3 is 2.50 bits per heavy atom. The van der Waals surface area contributed by atoms with E-state index in [-0.39, 0.29) is 17.5 Å². The first-order chi connectivity index (χ1) is 16.5. The quantitative estimate of drug-likeness (QED) is 0.442. The lowest BCUT2D eigenvalue weighted by Gasteiger charge is -2.36. The van der Waals surface area contributed by atoms with Crippen LogP contribution >= 0.6 is 11.6 Å². The summed E-state index contributed by atoms with van der Waals surface area (Å²) in [7, 11) is 0. The Morgan fingerprint density at radius 1 is 1.00 bits per heavy atom. The van der Waals surface area contributed by atoms with Crippen molar-refractivity contribution in [2.45, 2.75) is 37.9 Å². The van der Waals surface area contributed by atoms with Gasteiger partial charge in [-0.2, -0.15) is 0 Å². The van der Waals surface area contributed by atoms with Gasteiger partial charge in [-0.05, 0) is 53.6 Å². The van der Waals surface area contributed by atoms with Crippen molar-refractivity contribution in [2.75, 3.05) is 0 Å². The maximum Gasteiger partial charge on any atom is 0.273 e. The average molecular weight is 474 g/mol. The second-order valence-electron chi connectivity index (χ2n) is 8.68. The molecule has 0 saturated heterocycles. The maximum atomic E-state index is 12.6. The third kappa shape index (κ3) is 5.10. The van der Waals surface area contributed by atoms with Crippen molar-refractivity contribution < 1.29 is 4.79 Å². The first kappa shape index (κ1) is 22.1. The van der Waals surface area contributed by atoms with Gasteiger partial charge in [0.1, 0.15) is 0 Å². The van der Waals surface area contributed by atoms with Gasteiger partial charge in [0.15, 0.2) is 5.69 Å². The van der Waals surface area contributed by atoms with Crippen LogP contribution in [0.1, 0.15) is 45.9 Å². The SMILES string of the molecule is O=C(N[C@H]1C[C@@H](c2cccc(Cl)c2)C1)c1cn(Cc2ccc(Cn3ccccc3=O)cc2)nn1. The number of carbonyl (C=O) groups excluding carboxylic acids is 1. The third-order valence-electron chi connectivity index (χ3n) is 6.18. The minimum Gasteiger partial charge on any atom is -0.348 e. The number of amides is 1. The van der Waals surface area contributed by atoms with Crippen LogP contribution in [-0.2, 0) is 13.1 Å².